The van der Waals surface area contributed by atoms with Crippen molar-refractivity contribution in [2.24, 2.45) is 5.92 Å². The molecule has 2 nitrogen and oxygen atoms in total. The fourth-order valence-corrected chi connectivity index (χ4v) is 2.19. The molecule has 0 fully saturated rings. The molecular weight excluding hydrogens is 242 g/mol. The Labute approximate surface area is 92.8 Å². The number of rotatable bonds is 0. The van der Waals surface area contributed by atoms with E-state index in [0.29, 0.717) is 5.92 Å². The molecule has 0 amide bonds. The lowest BCUT2D eigenvalue weighted by atomic mass is 10.2. The fraction of sp³-hybridized carbons (Fsp3) is 0.455. The van der Waals surface area contributed by atoms with Crippen molar-refractivity contribution >= 4 is 21.6 Å². The summed E-state index contributed by atoms with van der Waals surface area (Å²) in [6.45, 7) is 6.02. The minimum Gasteiger partial charge on any atom is -0.491 e. The summed E-state index contributed by atoms with van der Waals surface area (Å²) in [5.41, 5.74) is 2.28. The third-order valence-electron chi connectivity index (χ3n) is 2.39. The van der Waals surface area contributed by atoms with E-state index in [2.05, 4.69) is 47.2 Å². The monoisotopic (exact) mass is 255 g/mol. The second-order valence-electron chi connectivity index (χ2n) is 3.90. The summed E-state index contributed by atoms with van der Waals surface area (Å²) in [7, 11) is 0. The van der Waals surface area contributed by atoms with Crippen LogP contribution in [-0.2, 0) is 0 Å². The molecule has 2 rings (SSSR count). The molecule has 1 aliphatic heterocycles. The number of benzene rings is 1. The molecule has 0 radical (unpaired) electrons. The summed E-state index contributed by atoms with van der Waals surface area (Å²) < 4.78 is 6.86. The quantitative estimate of drug-likeness (QED) is 0.769. The van der Waals surface area contributed by atoms with Crippen LogP contribution >= 0.6 is 15.9 Å². The number of aryl methyl sites for hydroxylation is 1. The molecule has 1 N–H and O–H groups in total. The van der Waals surface area contributed by atoms with Gasteiger partial charge in [0.05, 0.1) is 12.3 Å². The number of nitrogens with one attached hydrogen (secondary N) is 1. The molecule has 0 saturated carbocycles. The predicted octanol–water partition coefficient (Wildman–Crippen LogP) is 3.20. The van der Waals surface area contributed by atoms with E-state index < -0.39 is 0 Å². The van der Waals surface area contributed by atoms with E-state index in [9.17, 15) is 0 Å². The zero-order chi connectivity index (χ0) is 10.1. The van der Waals surface area contributed by atoms with Crippen molar-refractivity contribution in [2.45, 2.75) is 13.8 Å². The average molecular weight is 256 g/mol. The van der Waals surface area contributed by atoms with Crippen LogP contribution in [0.4, 0.5) is 5.69 Å². The van der Waals surface area contributed by atoms with E-state index in [4.69, 9.17) is 4.74 Å². The van der Waals surface area contributed by atoms with Crippen molar-refractivity contribution < 1.29 is 4.74 Å². The SMILES string of the molecule is Cc1cc(Br)cc2c1OCC(C)CN2. The van der Waals surface area contributed by atoms with Gasteiger partial charge in [0.2, 0.25) is 0 Å². The molecule has 0 aliphatic carbocycles. The summed E-state index contributed by atoms with van der Waals surface area (Å²) >= 11 is 3.49. The van der Waals surface area contributed by atoms with Crippen LogP contribution in [0.2, 0.25) is 0 Å². The van der Waals surface area contributed by atoms with Gasteiger partial charge in [0.1, 0.15) is 5.75 Å². The van der Waals surface area contributed by atoms with Gasteiger partial charge in [-0.1, -0.05) is 22.9 Å². The molecular formula is C11H14BrNO. The first kappa shape index (κ1) is 9.84. The Morgan fingerprint density at radius 3 is 3.07 bits per heavy atom. The van der Waals surface area contributed by atoms with E-state index in [0.717, 1.165) is 29.1 Å². The minimum atomic E-state index is 0.556. The normalized spacial score (nSPS) is 20.4. The largest absolute Gasteiger partial charge is 0.491 e. The van der Waals surface area contributed by atoms with Crippen LogP contribution in [0, 0.1) is 12.8 Å². The first-order valence-electron chi connectivity index (χ1n) is 4.83. The minimum absolute atomic E-state index is 0.556. The van der Waals surface area contributed by atoms with Crippen LogP contribution in [0.5, 0.6) is 5.75 Å². The number of ether oxygens (including phenoxy) is 1. The van der Waals surface area contributed by atoms with Gasteiger partial charge >= 0.3 is 0 Å². The smallest absolute Gasteiger partial charge is 0.145 e. The zero-order valence-electron chi connectivity index (χ0n) is 8.43. The first-order valence-corrected chi connectivity index (χ1v) is 5.63. The highest BCUT2D eigenvalue weighted by molar-refractivity contribution is 9.10. The van der Waals surface area contributed by atoms with Crippen LogP contribution in [0.15, 0.2) is 16.6 Å². The van der Waals surface area contributed by atoms with Crippen molar-refractivity contribution in [3.05, 3.63) is 22.2 Å². The van der Waals surface area contributed by atoms with Gasteiger partial charge in [0.25, 0.3) is 0 Å². The average Bonchev–Trinajstić information content (AvgIpc) is 2.28. The highest BCUT2D eigenvalue weighted by atomic mass is 79.9. The maximum Gasteiger partial charge on any atom is 0.145 e. The molecule has 1 unspecified atom stereocenters. The topological polar surface area (TPSA) is 21.3 Å². The summed E-state index contributed by atoms with van der Waals surface area (Å²) in [4.78, 5) is 0. The van der Waals surface area contributed by atoms with Gasteiger partial charge in [-0.3, -0.25) is 0 Å². The van der Waals surface area contributed by atoms with E-state index in [1.807, 2.05) is 0 Å². The van der Waals surface area contributed by atoms with Gasteiger partial charge in [0.15, 0.2) is 0 Å². The lowest BCUT2D eigenvalue weighted by molar-refractivity contribution is 0.274. The highest BCUT2D eigenvalue weighted by Gasteiger charge is 2.15. The Bertz CT molecular complexity index is 351. The Morgan fingerprint density at radius 2 is 2.29 bits per heavy atom. The fourth-order valence-electron chi connectivity index (χ4n) is 1.62. The van der Waals surface area contributed by atoms with Gasteiger partial charge < -0.3 is 10.1 Å². The molecule has 14 heavy (non-hydrogen) atoms. The summed E-state index contributed by atoms with van der Waals surface area (Å²) in [6.07, 6.45) is 0. The second kappa shape index (κ2) is 3.81. The van der Waals surface area contributed by atoms with Gasteiger partial charge in [-0.2, -0.15) is 0 Å². The molecule has 76 valence electrons. The van der Waals surface area contributed by atoms with Crippen LogP contribution in [0.3, 0.4) is 0 Å². The van der Waals surface area contributed by atoms with Crippen molar-refractivity contribution in [1.29, 1.82) is 0 Å². The second-order valence-corrected chi connectivity index (χ2v) is 4.81. The number of hydrogen-bond acceptors (Lipinski definition) is 2. The van der Waals surface area contributed by atoms with E-state index in [1.165, 1.54) is 5.56 Å². The van der Waals surface area contributed by atoms with Crippen molar-refractivity contribution in [2.75, 3.05) is 18.5 Å². The van der Waals surface area contributed by atoms with Crippen LogP contribution in [-0.4, -0.2) is 13.2 Å². The molecule has 0 aromatic heterocycles. The highest BCUT2D eigenvalue weighted by Crippen LogP contribution is 2.34. The molecule has 0 saturated heterocycles. The van der Waals surface area contributed by atoms with E-state index in [-0.39, 0.29) is 0 Å². The van der Waals surface area contributed by atoms with Gasteiger partial charge in [-0.15, -0.1) is 0 Å². The Balaban J connectivity index is 2.40. The van der Waals surface area contributed by atoms with E-state index in [1.54, 1.807) is 0 Å². The standard InChI is InChI=1S/C11H14BrNO/c1-7-5-13-10-4-9(12)3-8(2)11(10)14-6-7/h3-4,7,13H,5-6H2,1-2H3. The van der Waals surface area contributed by atoms with Crippen molar-refractivity contribution in [3.63, 3.8) is 0 Å². The lowest BCUT2D eigenvalue weighted by Gasteiger charge is -2.11. The molecule has 1 aromatic rings. The van der Waals surface area contributed by atoms with Gasteiger partial charge in [-0.05, 0) is 24.6 Å². The van der Waals surface area contributed by atoms with Crippen LogP contribution < -0.4 is 10.1 Å². The number of anilines is 1. The molecule has 1 atom stereocenters. The number of hydrogen-bond donors (Lipinski definition) is 1. The van der Waals surface area contributed by atoms with Gasteiger partial charge in [0, 0.05) is 16.9 Å². The van der Waals surface area contributed by atoms with E-state index >= 15 is 0 Å². The summed E-state index contributed by atoms with van der Waals surface area (Å²) in [5, 5.41) is 3.40. The lowest BCUT2D eigenvalue weighted by Crippen LogP contribution is -2.13. The summed E-state index contributed by atoms with van der Waals surface area (Å²) in [5.74, 6) is 1.55. The Kier molecular flexibility index (Phi) is 2.68. The molecule has 1 aliphatic rings. The molecule has 0 spiro atoms. The number of fused-ring (bicyclic) bond motifs is 1. The Hall–Kier alpha value is -0.700. The van der Waals surface area contributed by atoms with Crippen LogP contribution in [0.1, 0.15) is 12.5 Å². The zero-order valence-corrected chi connectivity index (χ0v) is 10.0. The van der Waals surface area contributed by atoms with Crippen molar-refractivity contribution in [3.8, 4) is 5.75 Å². The first-order chi connectivity index (χ1) is 6.66. The molecule has 1 heterocycles. The van der Waals surface area contributed by atoms with Crippen molar-refractivity contribution in [1.82, 2.24) is 0 Å². The third-order valence-corrected chi connectivity index (χ3v) is 2.85. The molecule has 0 bridgehead atoms. The van der Waals surface area contributed by atoms with Crippen LogP contribution in [0.25, 0.3) is 0 Å². The molecule has 3 heteroatoms. The molecule has 1 aromatic carbocycles. The predicted molar refractivity (Wildman–Crippen MR) is 62.0 cm³/mol. The third kappa shape index (κ3) is 1.87. The van der Waals surface area contributed by atoms with Gasteiger partial charge in [-0.25, -0.2) is 0 Å². The maximum atomic E-state index is 5.76. The maximum absolute atomic E-state index is 5.76. The number of halogens is 1. The summed E-state index contributed by atoms with van der Waals surface area (Å²) in [6, 6.07) is 4.15. The Morgan fingerprint density at radius 1 is 1.50 bits per heavy atom.